The van der Waals surface area contributed by atoms with Crippen molar-refractivity contribution in [2.75, 3.05) is 11.4 Å². The van der Waals surface area contributed by atoms with Crippen LogP contribution >= 0.6 is 0 Å². The average molecular weight is 269 g/mol. The van der Waals surface area contributed by atoms with E-state index < -0.39 is 5.82 Å². The largest absolute Gasteiger partial charge is 0.306 e. The van der Waals surface area contributed by atoms with Gasteiger partial charge >= 0.3 is 0 Å². The Kier molecular flexibility index (Phi) is 4.40. The Bertz CT molecular complexity index is 620. The smallest absolute Gasteiger partial charge is 0.276 e. The number of carbonyl (C=O) groups excluding carboxylic acids is 1. The van der Waals surface area contributed by atoms with E-state index >= 15 is 0 Å². The molecule has 4 nitrogen and oxygen atoms in total. The number of hydrogen-bond donors (Lipinski definition) is 0. The van der Waals surface area contributed by atoms with Crippen LogP contribution in [0.2, 0.25) is 0 Å². The second-order valence-corrected chi connectivity index (χ2v) is 4.06. The van der Waals surface area contributed by atoms with Gasteiger partial charge in [-0.1, -0.05) is 18.2 Å². The van der Waals surface area contributed by atoms with Gasteiger partial charge in [0.05, 0.1) is 18.7 Å². The molecule has 20 heavy (non-hydrogen) atoms. The van der Waals surface area contributed by atoms with Gasteiger partial charge in [-0.05, 0) is 24.3 Å². The normalized spacial score (nSPS) is 9.80. The molecule has 0 N–H and O–H groups in total. The molecule has 0 atom stereocenters. The number of nitrogens with zero attached hydrogens (tertiary/aromatic N) is 3. The lowest BCUT2D eigenvalue weighted by Gasteiger charge is -2.21. The van der Waals surface area contributed by atoms with Gasteiger partial charge in [-0.25, -0.2) is 9.37 Å². The van der Waals surface area contributed by atoms with E-state index in [0.717, 1.165) is 6.20 Å². The number of anilines is 1. The van der Waals surface area contributed by atoms with Crippen LogP contribution < -0.4 is 4.90 Å². The number of aromatic nitrogens is 1. The van der Waals surface area contributed by atoms with Gasteiger partial charge in [0.1, 0.15) is 11.5 Å². The van der Waals surface area contributed by atoms with Crippen LogP contribution in [0.1, 0.15) is 16.9 Å². The van der Waals surface area contributed by atoms with Crippen LogP contribution in [0.25, 0.3) is 0 Å². The summed E-state index contributed by atoms with van der Waals surface area (Å²) >= 11 is 0. The maximum Gasteiger partial charge on any atom is 0.276 e. The fourth-order valence-electron chi connectivity index (χ4n) is 1.76. The number of carbonyl (C=O) groups is 1. The van der Waals surface area contributed by atoms with E-state index in [1.807, 2.05) is 12.1 Å². The highest BCUT2D eigenvalue weighted by molar-refractivity contribution is 6.04. The van der Waals surface area contributed by atoms with Crippen molar-refractivity contribution in [3.8, 4) is 6.07 Å². The Morgan fingerprint density at radius 1 is 1.25 bits per heavy atom. The first-order chi connectivity index (χ1) is 9.72. The predicted molar refractivity (Wildman–Crippen MR) is 72.5 cm³/mol. The number of amides is 1. The molecule has 0 unspecified atom stereocenters. The third-order valence-corrected chi connectivity index (χ3v) is 2.71. The van der Waals surface area contributed by atoms with Crippen LogP contribution in [0.5, 0.6) is 0 Å². The summed E-state index contributed by atoms with van der Waals surface area (Å²) in [4.78, 5) is 17.6. The third kappa shape index (κ3) is 3.18. The summed E-state index contributed by atoms with van der Waals surface area (Å²) < 4.78 is 12.8. The Balaban J connectivity index is 2.29. The molecule has 0 aliphatic heterocycles. The summed E-state index contributed by atoms with van der Waals surface area (Å²) in [6.45, 7) is 0.262. The molecule has 0 saturated heterocycles. The fraction of sp³-hybridized carbons (Fsp3) is 0.133. The first-order valence-electron chi connectivity index (χ1n) is 6.08. The van der Waals surface area contributed by atoms with Crippen molar-refractivity contribution in [1.82, 2.24) is 4.98 Å². The van der Waals surface area contributed by atoms with Crippen molar-refractivity contribution in [2.24, 2.45) is 0 Å². The van der Waals surface area contributed by atoms with Crippen LogP contribution in [0.4, 0.5) is 10.1 Å². The molecular formula is C15H12FN3O. The maximum atomic E-state index is 12.8. The van der Waals surface area contributed by atoms with Crippen LogP contribution in [0, 0.1) is 17.1 Å². The number of nitriles is 1. The quantitative estimate of drug-likeness (QED) is 0.857. The SMILES string of the molecule is N#CCCN(C(=O)c1ccc(F)cn1)c1ccccc1. The molecule has 0 saturated carbocycles. The van der Waals surface area contributed by atoms with Gasteiger partial charge in [0.15, 0.2) is 0 Å². The van der Waals surface area contributed by atoms with Crippen LogP contribution in [-0.4, -0.2) is 17.4 Å². The summed E-state index contributed by atoms with van der Waals surface area (Å²) in [5.41, 5.74) is 0.826. The third-order valence-electron chi connectivity index (χ3n) is 2.71. The second-order valence-electron chi connectivity index (χ2n) is 4.06. The zero-order valence-electron chi connectivity index (χ0n) is 10.7. The van der Waals surface area contributed by atoms with Crippen LogP contribution in [0.15, 0.2) is 48.7 Å². The molecule has 0 fully saturated rings. The summed E-state index contributed by atoms with van der Waals surface area (Å²) in [6, 6.07) is 13.5. The molecule has 1 heterocycles. The van der Waals surface area contributed by atoms with Crippen molar-refractivity contribution < 1.29 is 9.18 Å². The number of pyridine rings is 1. The molecule has 100 valence electrons. The van der Waals surface area contributed by atoms with Crippen molar-refractivity contribution >= 4 is 11.6 Å². The molecule has 1 amide bonds. The van der Waals surface area contributed by atoms with E-state index in [1.54, 1.807) is 24.3 Å². The molecule has 0 radical (unpaired) electrons. The van der Waals surface area contributed by atoms with Crippen LogP contribution in [0.3, 0.4) is 0 Å². The molecule has 0 bridgehead atoms. The minimum absolute atomic E-state index is 0.146. The lowest BCUT2D eigenvalue weighted by molar-refractivity contribution is 0.0982. The summed E-state index contributed by atoms with van der Waals surface area (Å²) in [6.07, 6.45) is 1.21. The zero-order valence-corrected chi connectivity index (χ0v) is 10.7. The highest BCUT2D eigenvalue weighted by Crippen LogP contribution is 2.16. The molecule has 1 aromatic heterocycles. The molecule has 2 aromatic rings. The van der Waals surface area contributed by atoms with Gasteiger partial charge in [-0.2, -0.15) is 5.26 Å². The minimum Gasteiger partial charge on any atom is -0.306 e. The second kappa shape index (κ2) is 6.43. The molecular weight excluding hydrogens is 257 g/mol. The topological polar surface area (TPSA) is 57.0 Å². The first kappa shape index (κ1) is 13.7. The molecule has 5 heteroatoms. The predicted octanol–water partition coefficient (Wildman–Crippen LogP) is 2.78. The van der Waals surface area contributed by atoms with E-state index in [-0.39, 0.29) is 24.6 Å². The van der Waals surface area contributed by atoms with Crippen LogP contribution in [-0.2, 0) is 0 Å². The number of para-hydroxylation sites is 1. The summed E-state index contributed by atoms with van der Waals surface area (Å²) in [7, 11) is 0. The lowest BCUT2D eigenvalue weighted by atomic mass is 10.2. The van der Waals surface area contributed by atoms with Gasteiger partial charge in [-0.15, -0.1) is 0 Å². The molecule has 2 rings (SSSR count). The Morgan fingerprint density at radius 3 is 2.60 bits per heavy atom. The number of halogens is 1. The number of hydrogen-bond acceptors (Lipinski definition) is 3. The van der Waals surface area contributed by atoms with E-state index in [4.69, 9.17) is 5.26 Å². The lowest BCUT2D eigenvalue weighted by Crippen LogP contribution is -2.32. The molecule has 1 aromatic carbocycles. The molecule has 0 aliphatic rings. The molecule has 0 aliphatic carbocycles. The van der Waals surface area contributed by atoms with Gasteiger partial charge in [0, 0.05) is 12.2 Å². The fourth-order valence-corrected chi connectivity index (χ4v) is 1.76. The van der Waals surface area contributed by atoms with Gasteiger partial charge < -0.3 is 4.90 Å². The van der Waals surface area contributed by atoms with Crippen molar-refractivity contribution in [2.45, 2.75) is 6.42 Å². The van der Waals surface area contributed by atoms with E-state index in [1.165, 1.54) is 17.0 Å². The monoisotopic (exact) mass is 269 g/mol. The van der Waals surface area contributed by atoms with E-state index in [2.05, 4.69) is 4.98 Å². The summed E-state index contributed by atoms with van der Waals surface area (Å²) in [5, 5.41) is 8.70. The van der Waals surface area contributed by atoms with Crippen molar-refractivity contribution in [3.05, 3.63) is 60.2 Å². The first-order valence-corrected chi connectivity index (χ1v) is 6.08. The van der Waals surface area contributed by atoms with Crippen molar-refractivity contribution in [1.29, 1.82) is 5.26 Å². The standard InChI is InChI=1S/C15H12FN3O/c16-12-7-8-14(18-11-12)15(20)19(10-4-9-17)13-5-2-1-3-6-13/h1-3,5-8,11H,4,10H2. The van der Waals surface area contributed by atoms with Gasteiger partial charge in [0.2, 0.25) is 0 Å². The van der Waals surface area contributed by atoms with E-state index in [0.29, 0.717) is 5.69 Å². The number of benzene rings is 1. The summed E-state index contributed by atoms with van der Waals surface area (Å²) in [5.74, 6) is -0.851. The number of rotatable bonds is 4. The van der Waals surface area contributed by atoms with Crippen molar-refractivity contribution in [3.63, 3.8) is 0 Å². The Hall–Kier alpha value is -2.74. The highest BCUT2D eigenvalue weighted by Gasteiger charge is 2.18. The highest BCUT2D eigenvalue weighted by atomic mass is 19.1. The van der Waals surface area contributed by atoms with E-state index in [9.17, 15) is 9.18 Å². The zero-order chi connectivity index (χ0) is 14.4. The minimum atomic E-state index is -0.496. The maximum absolute atomic E-state index is 12.8. The Morgan fingerprint density at radius 2 is 2.00 bits per heavy atom. The van der Waals surface area contributed by atoms with Gasteiger partial charge in [-0.3, -0.25) is 4.79 Å². The van der Waals surface area contributed by atoms with Gasteiger partial charge in [0.25, 0.3) is 5.91 Å². The average Bonchev–Trinajstić information content (AvgIpc) is 2.49. The Labute approximate surface area is 116 Å². The molecule has 0 spiro atoms.